The Bertz CT molecular complexity index is 655. The lowest BCUT2D eigenvalue weighted by atomic mass is 10.2. The number of H-pyrrole nitrogens is 2. The van der Waals surface area contributed by atoms with Crippen LogP contribution in [-0.4, -0.2) is 25.1 Å². The van der Waals surface area contributed by atoms with Crippen molar-refractivity contribution in [1.82, 2.24) is 25.1 Å². The van der Waals surface area contributed by atoms with Crippen LogP contribution in [0.2, 0.25) is 5.15 Å². The van der Waals surface area contributed by atoms with Gasteiger partial charge < -0.3 is 10.7 Å². The SMILES string of the molecule is Nc1cc(-c2c[nH]c3ncnc(Cl)c23)[nH]n1. The number of hydrogen-bond acceptors (Lipinski definition) is 4. The molecule has 0 aliphatic heterocycles. The average Bonchev–Trinajstić information content (AvgIpc) is 2.84. The molecule has 0 spiro atoms. The summed E-state index contributed by atoms with van der Waals surface area (Å²) in [7, 11) is 0. The van der Waals surface area contributed by atoms with Gasteiger partial charge in [-0.2, -0.15) is 5.10 Å². The van der Waals surface area contributed by atoms with Crippen LogP contribution in [0.4, 0.5) is 5.82 Å². The predicted molar refractivity (Wildman–Crippen MR) is 60.9 cm³/mol. The predicted octanol–water partition coefficient (Wildman–Crippen LogP) is 1.58. The van der Waals surface area contributed by atoms with Crippen LogP contribution < -0.4 is 5.73 Å². The maximum absolute atomic E-state index is 6.02. The summed E-state index contributed by atoms with van der Waals surface area (Å²) in [4.78, 5) is 11.0. The van der Waals surface area contributed by atoms with Crippen LogP contribution in [-0.2, 0) is 0 Å². The Morgan fingerprint density at radius 2 is 2.19 bits per heavy atom. The van der Waals surface area contributed by atoms with Crippen molar-refractivity contribution in [2.24, 2.45) is 0 Å². The lowest BCUT2D eigenvalue weighted by molar-refractivity contribution is 1.10. The van der Waals surface area contributed by atoms with Gasteiger partial charge in [-0.25, -0.2) is 9.97 Å². The van der Waals surface area contributed by atoms with Gasteiger partial charge in [0.1, 0.15) is 22.9 Å². The van der Waals surface area contributed by atoms with Gasteiger partial charge in [0.05, 0.1) is 11.1 Å². The molecule has 7 heteroatoms. The van der Waals surface area contributed by atoms with Gasteiger partial charge in [-0.1, -0.05) is 11.6 Å². The average molecular weight is 235 g/mol. The minimum absolute atomic E-state index is 0.398. The summed E-state index contributed by atoms with van der Waals surface area (Å²) in [5.74, 6) is 0.428. The molecule has 0 bridgehead atoms. The van der Waals surface area contributed by atoms with E-state index >= 15 is 0 Å². The summed E-state index contributed by atoms with van der Waals surface area (Å²) >= 11 is 6.02. The fourth-order valence-corrected chi connectivity index (χ4v) is 1.85. The van der Waals surface area contributed by atoms with E-state index in [1.54, 1.807) is 12.3 Å². The number of aromatic nitrogens is 5. The number of rotatable bonds is 1. The van der Waals surface area contributed by atoms with Crippen LogP contribution in [0.5, 0.6) is 0 Å². The van der Waals surface area contributed by atoms with Gasteiger partial charge in [0, 0.05) is 17.8 Å². The molecule has 0 saturated heterocycles. The fourth-order valence-electron chi connectivity index (χ4n) is 1.61. The number of nitrogens with zero attached hydrogens (tertiary/aromatic N) is 3. The zero-order chi connectivity index (χ0) is 11.1. The Balaban J connectivity index is 2.32. The van der Waals surface area contributed by atoms with Crippen molar-refractivity contribution in [2.75, 3.05) is 5.73 Å². The molecular weight excluding hydrogens is 228 g/mol. The number of halogens is 1. The van der Waals surface area contributed by atoms with Crippen molar-refractivity contribution >= 4 is 28.5 Å². The molecule has 0 fully saturated rings. The highest BCUT2D eigenvalue weighted by molar-refractivity contribution is 6.35. The number of fused-ring (bicyclic) bond motifs is 1. The standard InChI is InChI=1S/C9H7ClN6/c10-8-7-4(5-1-6(11)16-15-5)2-12-9(7)14-3-13-8/h1-3H,(H3,11,15,16)(H,12,13,14). The van der Waals surface area contributed by atoms with Crippen LogP contribution in [0, 0.1) is 0 Å². The molecule has 6 nitrogen and oxygen atoms in total. The molecule has 0 aliphatic rings. The lowest BCUT2D eigenvalue weighted by Gasteiger charge is -1.95. The number of nitrogens with one attached hydrogen (secondary N) is 2. The number of hydrogen-bond donors (Lipinski definition) is 3. The molecule has 3 aromatic heterocycles. The van der Waals surface area contributed by atoms with Gasteiger partial charge in [-0.15, -0.1) is 0 Å². The monoisotopic (exact) mass is 234 g/mol. The van der Waals surface area contributed by atoms with E-state index in [4.69, 9.17) is 17.3 Å². The minimum Gasteiger partial charge on any atom is -0.382 e. The highest BCUT2D eigenvalue weighted by Crippen LogP contribution is 2.30. The van der Waals surface area contributed by atoms with E-state index < -0.39 is 0 Å². The number of nitrogen functional groups attached to an aromatic ring is 1. The third-order valence-electron chi connectivity index (χ3n) is 2.31. The van der Waals surface area contributed by atoms with Gasteiger partial charge in [-0.05, 0) is 0 Å². The van der Waals surface area contributed by atoms with Crippen molar-refractivity contribution in [3.05, 3.63) is 23.7 Å². The van der Waals surface area contributed by atoms with Crippen molar-refractivity contribution in [3.8, 4) is 11.3 Å². The Morgan fingerprint density at radius 1 is 1.31 bits per heavy atom. The van der Waals surface area contributed by atoms with E-state index in [2.05, 4.69) is 25.1 Å². The molecule has 0 saturated carbocycles. The van der Waals surface area contributed by atoms with Crippen LogP contribution in [0.25, 0.3) is 22.3 Å². The second-order valence-corrected chi connectivity index (χ2v) is 3.65. The molecule has 3 aromatic rings. The number of aromatic amines is 2. The second kappa shape index (κ2) is 3.21. The van der Waals surface area contributed by atoms with Crippen molar-refractivity contribution < 1.29 is 0 Å². The highest BCUT2D eigenvalue weighted by atomic mass is 35.5. The molecule has 0 atom stereocenters. The molecule has 0 aromatic carbocycles. The normalized spacial score (nSPS) is 11.1. The quantitative estimate of drug-likeness (QED) is 0.557. The summed E-state index contributed by atoms with van der Waals surface area (Å²) < 4.78 is 0. The molecule has 3 rings (SSSR count). The molecular formula is C9H7ClN6. The first kappa shape index (κ1) is 9.17. The first-order valence-corrected chi connectivity index (χ1v) is 4.92. The maximum atomic E-state index is 6.02. The molecule has 0 unspecified atom stereocenters. The first-order valence-electron chi connectivity index (χ1n) is 4.54. The summed E-state index contributed by atoms with van der Waals surface area (Å²) in [5, 5.41) is 7.84. The molecule has 0 aliphatic carbocycles. The molecule has 0 radical (unpaired) electrons. The van der Waals surface area contributed by atoms with Gasteiger partial charge >= 0.3 is 0 Å². The van der Waals surface area contributed by atoms with E-state index in [0.717, 1.165) is 16.6 Å². The van der Waals surface area contributed by atoms with E-state index in [0.29, 0.717) is 16.6 Å². The van der Waals surface area contributed by atoms with Crippen LogP contribution in [0.3, 0.4) is 0 Å². The molecule has 4 N–H and O–H groups in total. The van der Waals surface area contributed by atoms with Gasteiger partial charge in [0.15, 0.2) is 0 Å². The Morgan fingerprint density at radius 3 is 2.94 bits per heavy atom. The van der Waals surface area contributed by atoms with Gasteiger partial charge in [0.25, 0.3) is 0 Å². The van der Waals surface area contributed by atoms with E-state index in [1.807, 2.05) is 0 Å². The second-order valence-electron chi connectivity index (χ2n) is 3.30. The number of anilines is 1. The zero-order valence-electron chi connectivity index (χ0n) is 8.03. The molecule has 80 valence electrons. The summed E-state index contributed by atoms with van der Waals surface area (Å²) in [6.07, 6.45) is 3.20. The largest absolute Gasteiger partial charge is 0.382 e. The lowest BCUT2D eigenvalue weighted by Crippen LogP contribution is -1.82. The van der Waals surface area contributed by atoms with Crippen LogP contribution in [0.15, 0.2) is 18.6 Å². The highest BCUT2D eigenvalue weighted by Gasteiger charge is 2.12. The smallest absolute Gasteiger partial charge is 0.145 e. The summed E-state index contributed by atoms with van der Waals surface area (Å²) in [6, 6.07) is 1.73. The Hall–Kier alpha value is -2.08. The fraction of sp³-hybridized carbons (Fsp3) is 0. The van der Waals surface area contributed by atoms with Crippen molar-refractivity contribution in [1.29, 1.82) is 0 Å². The Kier molecular flexibility index (Phi) is 1.84. The van der Waals surface area contributed by atoms with Crippen LogP contribution >= 0.6 is 11.6 Å². The third kappa shape index (κ3) is 1.24. The molecule has 16 heavy (non-hydrogen) atoms. The van der Waals surface area contributed by atoms with E-state index in [-0.39, 0.29) is 0 Å². The topological polar surface area (TPSA) is 96.3 Å². The number of nitrogens with two attached hydrogens (primary N) is 1. The zero-order valence-corrected chi connectivity index (χ0v) is 8.78. The van der Waals surface area contributed by atoms with Gasteiger partial charge in [-0.3, -0.25) is 5.10 Å². The molecule has 0 amide bonds. The van der Waals surface area contributed by atoms with E-state index in [1.165, 1.54) is 6.33 Å². The summed E-state index contributed by atoms with van der Waals surface area (Å²) in [6.45, 7) is 0. The third-order valence-corrected chi connectivity index (χ3v) is 2.60. The van der Waals surface area contributed by atoms with Crippen molar-refractivity contribution in [2.45, 2.75) is 0 Å². The van der Waals surface area contributed by atoms with Crippen LogP contribution in [0.1, 0.15) is 0 Å². The minimum atomic E-state index is 0.398. The Labute approximate surface area is 94.9 Å². The van der Waals surface area contributed by atoms with Gasteiger partial charge in [0.2, 0.25) is 0 Å². The summed E-state index contributed by atoms with van der Waals surface area (Å²) in [5.41, 5.74) is 7.86. The van der Waals surface area contributed by atoms with Crippen molar-refractivity contribution in [3.63, 3.8) is 0 Å². The maximum Gasteiger partial charge on any atom is 0.145 e. The van der Waals surface area contributed by atoms with E-state index in [9.17, 15) is 0 Å². The first-order chi connectivity index (χ1) is 7.75. The molecule has 3 heterocycles.